The lowest BCUT2D eigenvalue weighted by Gasteiger charge is -2.08. The molecule has 2 rings (SSSR count). The third-order valence-corrected chi connectivity index (χ3v) is 3.25. The fourth-order valence-electron chi connectivity index (χ4n) is 1.77. The topological polar surface area (TPSA) is 54.0 Å². The Labute approximate surface area is 117 Å². The minimum Gasteiger partial charge on any atom is -0.351 e. The predicted molar refractivity (Wildman–Crippen MR) is 74.5 cm³/mol. The first-order valence-electron chi connectivity index (χ1n) is 5.23. The molecule has 1 saturated heterocycles. The number of carbonyl (C=O) groups is 1. The normalized spacial score (nSPS) is 18.0. The number of carbonyl (C=O) groups excluding carboxylic acids is 1. The van der Waals surface area contributed by atoms with E-state index in [-0.39, 0.29) is 30.7 Å². The van der Waals surface area contributed by atoms with Gasteiger partial charge in [0.1, 0.15) is 5.69 Å². The molecule has 4 nitrogen and oxygen atoms in total. The minimum atomic E-state index is -0.0535. The second kappa shape index (κ2) is 8.69. The van der Waals surface area contributed by atoms with Gasteiger partial charge in [-0.1, -0.05) is 0 Å². The third-order valence-electron chi connectivity index (χ3n) is 2.67. The molecule has 2 heterocycles. The van der Waals surface area contributed by atoms with Crippen LogP contribution in [-0.2, 0) is 0 Å². The fraction of sp³-hybridized carbons (Fsp3) is 0.600. The highest BCUT2D eigenvalue weighted by Gasteiger charge is 2.14. The second-order valence-corrected chi connectivity index (χ2v) is 4.50. The maximum Gasteiger partial charge on any atom is 0.270 e. The first kappa shape index (κ1) is 16.6. The van der Waals surface area contributed by atoms with Crippen LogP contribution in [0.15, 0.2) is 10.9 Å². The Bertz CT molecular complexity index is 315. The molecule has 0 aromatic carbocycles. The van der Waals surface area contributed by atoms with Gasteiger partial charge < -0.3 is 10.6 Å². The van der Waals surface area contributed by atoms with E-state index >= 15 is 0 Å². The Morgan fingerprint density at radius 1 is 1.59 bits per heavy atom. The highest BCUT2D eigenvalue weighted by atomic mass is 35.5. The van der Waals surface area contributed by atoms with Crippen LogP contribution in [0.25, 0.3) is 0 Å². The summed E-state index contributed by atoms with van der Waals surface area (Å²) < 4.78 is 0. The summed E-state index contributed by atoms with van der Waals surface area (Å²) in [6, 6.07) is 0. The summed E-state index contributed by atoms with van der Waals surface area (Å²) in [7, 11) is 0. The van der Waals surface area contributed by atoms with Crippen LogP contribution >= 0.6 is 36.2 Å². The molecule has 2 N–H and O–H groups in total. The van der Waals surface area contributed by atoms with Crippen LogP contribution in [-0.4, -0.2) is 30.5 Å². The molecule has 7 heteroatoms. The summed E-state index contributed by atoms with van der Waals surface area (Å²) in [5.41, 5.74) is 2.21. The van der Waals surface area contributed by atoms with Crippen molar-refractivity contribution < 1.29 is 4.79 Å². The van der Waals surface area contributed by atoms with E-state index in [2.05, 4.69) is 15.6 Å². The van der Waals surface area contributed by atoms with Crippen molar-refractivity contribution >= 4 is 42.1 Å². The Kier molecular flexibility index (Phi) is 8.51. The maximum atomic E-state index is 11.5. The largest absolute Gasteiger partial charge is 0.351 e. The molecule has 0 bridgehead atoms. The molecule has 0 radical (unpaired) electrons. The Morgan fingerprint density at radius 2 is 2.41 bits per heavy atom. The van der Waals surface area contributed by atoms with Gasteiger partial charge in [0, 0.05) is 11.9 Å². The van der Waals surface area contributed by atoms with Crippen molar-refractivity contribution in [2.24, 2.45) is 5.92 Å². The zero-order valence-electron chi connectivity index (χ0n) is 9.35. The SMILES string of the molecule is Cl.Cl.O=C(NCCC1CCNC1)c1cscn1. The van der Waals surface area contributed by atoms with E-state index in [4.69, 9.17) is 0 Å². The van der Waals surface area contributed by atoms with Gasteiger partial charge in [-0.2, -0.15) is 0 Å². The maximum absolute atomic E-state index is 11.5. The molecule has 1 unspecified atom stereocenters. The molecule has 1 aliphatic heterocycles. The van der Waals surface area contributed by atoms with Gasteiger partial charge >= 0.3 is 0 Å². The Morgan fingerprint density at radius 3 is 3.00 bits per heavy atom. The molecule has 0 aliphatic carbocycles. The lowest BCUT2D eigenvalue weighted by Crippen LogP contribution is -2.26. The zero-order valence-corrected chi connectivity index (χ0v) is 11.8. The summed E-state index contributed by atoms with van der Waals surface area (Å²) in [6.07, 6.45) is 2.29. The summed E-state index contributed by atoms with van der Waals surface area (Å²) in [6.45, 7) is 2.96. The molecular weight excluding hydrogens is 281 g/mol. The lowest BCUT2D eigenvalue weighted by atomic mass is 10.1. The van der Waals surface area contributed by atoms with Gasteiger partial charge in [-0.15, -0.1) is 36.2 Å². The van der Waals surface area contributed by atoms with Crippen molar-refractivity contribution in [2.75, 3.05) is 19.6 Å². The van der Waals surface area contributed by atoms with Crippen LogP contribution < -0.4 is 10.6 Å². The van der Waals surface area contributed by atoms with Crippen LogP contribution in [0.2, 0.25) is 0 Å². The van der Waals surface area contributed by atoms with E-state index in [0.29, 0.717) is 5.69 Å². The fourth-order valence-corrected chi connectivity index (χ4v) is 2.30. The van der Waals surface area contributed by atoms with Crippen molar-refractivity contribution in [1.29, 1.82) is 0 Å². The standard InChI is InChI=1S/C10H15N3OS.2ClH/c14-10(9-6-15-7-13-9)12-4-2-8-1-3-11-5-8;;/h6-8,11H,1-5H2,(H,12,14);2*1H. The number of nitrogens with one attached hydrogen (secondary N) is 2. The molecule has 1 aliphatic rings. The van der Waals surface area contributed by atoms with Crippen molar-refractivity contribution in [2.45, 2.75) is 12.8 Å². The minimum absolute atomic E-state index is 0. The van der Waals surface area contributed by atoms with E-state index in [0.717, 1.165) is 32.0 Å². The van der Waals surface area contributed by atoms with Gasteiger partial charge in [0.2, 0.25) is 0 Å². The number of nitrogens with zero attached hydrogens (tertiary/aromatic N) is 1. The van der Waals surface area contributed by atoms with Crippen molar-refractivity contribution in [3.05, 3.63) is 16.6 Å². The van der Waals surface area contributed by atoms with Crippen LogP contribution in [0.1, 0.15) is 23.3 Å². The average Bonchev–Trinajstić information content (AvgIpc) is 2.90. The highest BCUT2D eigenvalue weighted by Crippen LogP contribution is 2.10. The molecule has 98 valence electrons. The van der Waals surface area contributed by atoms with Gasteiger partial charge in [-0.25, -0.2) is 4.98 Å². The van der Waals surface area contributed by atoms with Gasteiger partial charge in [-0.3, -0.25) is 4.79 Å². The molecule has 1 aromatic heterocycles. The zero-order chi connectivity index (χ0) is 10.5. The molecule has 17 heavy (non-hydrogen) atoms. The van der Waals surface area contributed by atoms with Crippen molar-refractivity contribution in [3.63, 3.8) is 0 Å². The number of hydrogen-bond donors (Lipinski definition) is 2. The van der Waals surface area contributed by atoms with Gasteiger partial charge in [0.25, 0.3) is 5.91 Å². The first-order chi connectivity index (χ1) is 7.36. The van der Waals surface area contributed by atoms with Gasteiger partial charge in [0.05, 0.1) is 5.51 Å². The molecular formula is C10H17Cl2N3OS. The van der Waals surface area contributed by atoms with E-state index < -0.39 is 0 Å². The van der Waals surface area contributed by atoms with Crippen LogP contribution in [0.4, 0.5) is 0 Å². The van der Waals surface area contributed by atoms with E-state index in [1.165, 1.54) is 17.8 Å². The number of thiazole rings is 1. The highest BCUT2D eigenvalue weighted by molar-refractivity contribution is 7.07. The van der Waals surface area contributed by atoms with Crippen LogP contribution in [0.5, 0.6) is 0 Å². The summed E-state index contributed by atoms with van der Waals surface area (Å²) in [5, 5.41) is 7.97. The number of hydrogen-bond acceptors (Lipinski definition) is 4. The summed E-state index contributed by atoms with van der Waals surface area (Å²) in [5.74, 6) is 0.669. The second-order valence-electron chi connectivity index (χ2n) is 3.78. The average molecular weight is 298 g/mol. The lowest BCUT2D eigenvalue weighted by molar-refractivity contribution is 0.0947. The van der Waals surface area contributed by atoms with Gasteiger partial charge in [-0.05, 0) is 31.8 Å². The third kappa shape index (κ3) is 5.21. The van der Waals surface area contributed by atoms with E-state index in [1.54, 1.807) is 10.9 Å². The quantitative estimate of drug-likeness (QED) is 0.890. The number of aromatic nitrogens is 1. The molecule has 1 fully saturated rings. The number of halogens is 2. The molecule has 1 amide bonds. The van der Waals surface area contributed by atoms with E-state index in [9.17, 15) is 4.79 Å². The van der Waals surface area contributed by atoms with Crippen LogP contribution in [0.3, 0.4) is 0 Å². The number of amides is 1. The monoisotopic (exact) mass is 297 g/mol. The predicted octanol–water partition coefficient (Wildman–Crippen LogP) is 1.72. The van der Waals surface area contributed by atoms with Crippen LogP contribution in [0, 0.1) is 5.92 Å². The molecule has 0 spiro atoms. The smallest absolute Gasteiger partial charge is 0.270 e. The first-order valence-corrected chi connectivity index (χ1v) is 6.17. The van der Waals surface area contributed by atoms with Gasteiger partial charge in [0.15, 0.2) is 0 Å². The molecule has 1 aromatic rings. The summed E-state index contributed by atoms with van der Waals surface area (Å²) >= 11 is 1.44. The Hall–Kier alpha value is -0.360. The Balaban J connectivity index is 0.00000128. The number of rotatable bonds is 4. The van der Waals surface area contributed by atoms with E-state index in [1.807, 2.05) is 0 Å². The summed E-state index contributed by atoms with van der Waals surface area (Å²) in [4.78, 5) is 15.5. The molecule has 1 atom stereocenters. The van der Waals surface area contributed by atoms with Crippen molar-refractivity contribution in [3.8, 4) is 0 Å². The van der Waals surface area contributed by atoms with Crippen molar-refractivity contribution in [1.82, 2.24) is 15.6 Å². The molecule has 0 saturated carbocycles.